The molecule has 0 unspecified atom stereocenters. The number of hydrogen-bond donors (Lipinski definition) is 1. The van der Waals surface area contributed by atoms with E-state index in [0.717, 1.165) is 18.9 Å². The van der Waals surface area contributed by atoms with Crippen LogP contribution in [0.15, 0.2) is 11.0 Å². The van der Waals surface area contributed by atoms with E-state index in [4.69, 9.17) is 0 Å². The number of sulfonamides is 1. The molecule has 0 radical (unpaired) electrons. The Morgan fingerprint density at radius 1 is 1.38 bits per heavy atom. The van der Waals surface area contributed by atoms with Gasteiger partial charge in [-0.25, -0.2) is 13.1 Å². The Labute approximate surface area is 122 Å². The van der Waals surface area contributed by atoms with E-state index >= 15 is 0 Å². The summed E-state index contributed by atoms with van der Waals surface area (Å²) in [5, 5.41) is 10.9. The van der Waals surface area contributed by atoms with Gasteiger partial charge in [-0.2, -0.15) is 4.39 Å². The number of aryl methyl sites for hydroxylation is 1. The first-order valence-corrected chi connectivity index (χ1v) is 8.08. The van der Waals surface area contributed by atoms with Crippen molar-refractivity contribution in [3.63, 3.8) is 0 Å². The van der Waals surface area contributed by atoms with Crippen LogP contribution >= 0.6 is 0 Å². The predicted octanol–water partition coefficient (Wildman–Crippen LogP) is 2.43. The van der Waals surface area contributed by atoms with Crippen molar-refractivity contribution in [3.05, 3.63) is 33.1 Å². The molecule has 0 aromatic heterocycles. The smallest absolute Gasteiger partial charge is 0.258 e. The van der Waals surface area contributed by atoms with Crippen molar-refractivity contribution in [3.8, 4) is 0 Å². The quantitative estimate of drug-likeness (QED) is 0.682. The maximum absolute atomic E-state index is 13.7. The van der Waals surface area contributed by atoms with Gasteiger partial charge in [-0.1, -0.05) is 6.92 Å². The first kappa shape index (κ1) is 15.8. The summed E-state index contributed by atoms with van der Waals surface area (Å²) in [6, 6.07) is 0.733. The average molecular weight is 316 g/mol. The lowest BCUT2D eigenvalue weighted by atomic mass is 9.83. The summed E-state index contributed by atoms with van der Waals surface area (Å²) in [5.74, 6) is -0.561. The van der Waals surface area contributed by atoms with Crippen molar-refractivity contribution in [1.82, 2.24) is 4.72 Å². The molecule has 2 rings (SSSR count). The molecule has 0 amide bonds. The SMILES string of the molecule is Cc1cc(F)c([N+](=O)[O-])c(C)c1S(=O)(=O)NC1CC(C)C1. The summed E-state index contributed by atoms with van der Waals surface area (Å²) < 4.78 is 41.0. The van der Waals surface area contributed by atoms with Crippen molar-refractivity contribution in [2.24, 2.45) is 5.92 Å². The second kappa shape index (κ2) is 5.34. The van der Waals surface area contributed by atoms with Crippen LogP contribution < -0.4 is 4.72 Å². The van der Waals surface area contributed by atoms with E-state index < -0.39 is 26.5 Å². The lowest BCUT2D eigenvalue weighted by Crippen LogP contribution is -2.43. The van der Waals surface area contributed by atoms with E-state index in [0.29, 0.717) is 5.92 Å². The lowest BCUT2D eigenvalue weighted by Gasteiger charge is -2.33. The van der Waals surface area contributed by atoms with Gasteiger partial charge in [0.25, 0.3) is 0 Å². The summed E-state index contributed by atoms with van der Waals surface area (Å²) in [6.07, 6.45) is 1.47. The number of nitrogens with zero attached hydrogens (tertiary/aromatic N) is 1. The Balaban J connectivity index is 2.47. The van der Waals surface area contributed by atoms with Crippen LogP contribution in [0.2, 0.25) is 0 Å². The number of benzene rings is 1. The molecule has 1 aliphatic carbocycles. The molecule has 21 heavy (non-hydrogen) atoms. The third kappa shape index (κ3) is 2.91. The molecule has 0 spiro atoms. The maximum Gasteiger partial charge on any atom is 0.309 e. The van der Waals surface area contributed by atoms with Crippen molar-refractivity contribution in [2.45, 2.75) is 44.6 Å². The van der Waals surface area contributed by atoms with E-state index in [1.807, 2.05) is 6.92 Å². The molecule has 1 aromatic carbocycles. The van der Waals surface area contributed by atoms with Gasteiger partial charge in [-0.3, -0.25) is 10.1 Å². The van der Waals surface area contributed by atoms with Crippen LogP contribution in [0.1, 0.15) is 30.9 Å². The second-order valence-electron chi connectivity index (χ2n) is 5.63. The van der Waals surface area contributed by atoms with Gasteiger partial charge in [0.05, 0.1) is 15.4 Å². The summed E-state index contributed by atoms with van der Waals surface area (Å²) >= 11 is 0. The number of nitrogens with one attached hydrogen (secondary N) is 1. The fourth-order valence-electron chi connectivity index (χ4n) is 2.82. The number of nitro benzene ring substituents is 1. The highest BCUT2D eigenvalue weighted by Gasteiger charge is 2.34. The molecule has 0 aliphatic heterocycles. The van der Waals surface area contributed by atoms with Gasteiger partial charge in [0, 0.05) is 6.04 Å². The van der Waals surface area contributed by atoms with Crippen molar-refractivity contribution in [2.75, 3.05) is 0 Å². The van der Waals surface area contributed by atoms with Gasteiger partial charge in [0.15, 0.2) is 0 Å². The number of rotatable bonds is 4. The third-order valence-corrected chi connectivity index (χ3v) is 5.58. The number of halogens is 1. The van der Waals surface area contributed by atoms with Crippen LogP contribution in [-0.4, -0.2) is 19.4 Å². The summed E-state index contributed by atoms with van der Waals surface area (Å²) in [5.41, 5.74) is -0.796. The molecule has 6 nitrogen and oxygen atoms in total. The second-order valence-corrected chi connectivity index (χ2v) is 7.28. The Morgan fingerprint density at radius 3 is 2.43 bits per heavy atom. The maximum atomic E-state index is 13.7. The Kier molecular flexibility index (Phi) is 4.03. The van der Waals surface area contributed by atoms with Crippen LogP contribution in [-0.2, 0) is 10.0 Å². The molecule has 1 aromatic rings. The lowest BCUT2D eigenvalue weighted by molar-refractivity contribution is -0.388. The fourth-order valence-corrected chi connectivity index (χ4v) is 4.55. The first-order valence-electron chi connectivity index (χ1n) is 6.60. The Bertz CT molecular complexity index is 697. The van der Waals surface area contributed by atoms with Crippen LogP contribution in [0.3, 0.4) is 0 Å². The van der Waals surface area contributed by atoms with Crippen molar-refractivity contribution in [1.29, 1.82) is 0 Å². The van der Waals surface area contributed by atoms with Crippen LogP contribution in [0.5, 0.6) is 0 Å². The van der Waals surface area contributed by atoms with E-state index in [9.17, 15) is 22.9 Å². The molecule has 0 bridgehead atoms. The molecule has 1 aliphatic rings. The Hall–Kier alpha value is -1.54. The molecule has 1 N–H and O–H groups in total. The zero-order chi connectivity index (χ0) is 15.9. The van der Waals surface area contributed by atoms with Gasteiger partial charge >= 0.3 is 5.69 Å². The molecule has 1 saturated carbocycles. The molecule has 0 atom stereocenters. The molecule has 116 valence electrons. The van der Waals surface area contributed by atoms with Crippen LogP contribution in [0, 0.1) is 35.7 Å². The summed E-state index contributed by atoms with van der Waals surface area (Å²) in [4.78, 5) is 9.82. The van der Waals surface area contributed by atoms with Crippen LogP contribution in [0.25, 0.3) is 0 Å². The van der Waals surface area contributed by atoms with Crippen molar-refractivity contribution >= 4 is 15.7 Å². The zero-order valence-corrected chi connectivity index (χ0v) is 12.8. The van der Waals surface area contributed by atoms with Gasteiger partial charge in [0.1, 0.15) is 0 Å². The molecular formula is C13H17FN2O4S. The highest BCUT2D eigenvalue weighted by molar-refractivity contribution is 7.89. The summed E-state index contributed by atoms with van der Waals surface area (Å²) in [6.45, 7) is 4.70. The van der Waals surface area contributed by atoms with Gasteiger partial charge in [-0.15, -0.1) is 0 Å². The molecule has 0 heterocycles. The van der Waals surface area contributed by atoms with Gasteiger partial charge < -0.3 is 0 Å². The number of nitro groups is 1. The molecule has 0 saturated heterocycles. The highest BCUT2D eigenvalue weighted by Crippen LogP contribution is 2.33. The summed E-state index contributed by atoms with van der Waals surface area (Å²) in [7, 11) is -3.90. The van der Waals surface area contributed by atoms with Gasteiger partial charge in [-0.05, 0) is 44.2 Å². The normalized spacial score (nSPS) is 21.9. The molecule has 8 heteroatoms. The zero-order valence-electron chi connectivity index (χ0n) is 12.0. The minimum absolute atomic E-state index is 0.159. The van der Waals surface area contributed by atoms with E-state index in [1.165, 1.54) is 13.8 Å². The Morgan fingerprint density at radius 2 is 1.95 bits per heavy atom. The monoisotopic (exact) mass is 316 g/mol. The third-order valence-electron chi connectivity index (χ3n) is 3.77. The largest absolute Gasteiger partial charge is 0.309 e. The first-order chi connectivity index (χ1) is 9.63. The van der Waals surface area contributed by atoms with Crippen LogP contribution in [0.4, 0.5) is 10.1 Å². The van der Waals surface area contributed by atoms with E-state index in [1.54, 1.807) is 0 Å². The van der Waals surface area contributed by atoms with Crippen molar-refractivity contribution < 1.29 is 17.7 Å². The minimum atomic E-state index is -3.90. The van der Waals surface area contributed by atoms with E-state index in [-0.39, 0.29) is 22.1 Å². The minimum Gasteiger partial charge on any atom is -0.258 e. The average Bonchev–Trinajstić information content (AvgIpc) is 2.23. The molecular weight excluding hydrogens is 299 g/mol. The van der Waals surface area contributed by atoms with Gasteiger partial charge in [0.2, 0.25) is 15.8 Å². The molecule has 1 fully saturated rings. The highest BCUT2D eigenvalue weighted by atomic mass is 32.2. The standard InChI is InChI=1S/C13H17FN2O4S/c1-7-4-10(5-7)15-21(19,20)13-8(2)6-11(14)12(9(13)3)16(17)18/h6-7,10,15H,4-5H2,1-3H3. The topological polar surface area (TPSA) is 89.3 Å². The fraction of sp³-hybridized carbons (Fsp3) is 0.538. The van der Waals surface area contributed by atoms with E-state index in [2.05, 4.69) is 4.72 Å². The number of hydrogen-bond acceptors (Lipinski definition) is 4. The predicted molar refractivity (Wildman–Crippen MR) is 75.0 cm³/mol.